The topological polar surface area (TPSA) is 184 Å². The van der Waals surface area contributed by atoms with Gasteiger partial charge in [-0.3, -0.25) is 20.2 Å². The van der Waals surface area contributed by atoms with Crippen LogP contribution in [0.2, 0.25) is 0 Å². The van der Waals surface area contributed by atoms with Gasteiger partial charge in [0.25, 0.3) is 5.69 Å². The molecule has 0 heterocycles. The van der Waals surface area contributed by atoms with Gasteiger partial charge in [0, 0.05) is 6.07 Å². The third-order valence-electron chi connectivity index (χ3n) is 1.37. The first-order chi connectivity index (χ1) is 8.02. The Balaban J connectivity index is 0.000000494. The number of phenols is 1. The molecule has 4 N–H and O–H groups in total. The van der Waals surface area contributed by atoms with Crippen LogP contribution < -0.4 is 0 Å². The van der Waals surface area contributed by atoms with Crippen LogP contribution in [0.3, 0.4) is 0 Å². The van der Waals surface area contributed by atoms with Crippen molar-refractivity contribution in [3.05, 3.63) is 38.4 Å². The summed E-state index contributed by atoms with van der Waals surface area (Å²) >= 11 is 0. The van der Waals surface area contributed by atoms with Crippen molar-refractivity contribution in [1.82, 2.24) is 0 Å². The summed E-state index contributed by atoms with van der Waals surface area (Å²) < 4.78 is 8.88. The molecule has 0 radical (unpaired) electrons. The minimum atomic E-state index is -4.64. The van der Waals surface area contributed by atoms with Crippen LogP contribution >= 0.6 is 7.82 Å². The average Bonchev–Trinajstić information content (AvgIpc) is 2.14. The fraction of sp³-hybridized carbons (Fsp3) is 0. The van der Waals surface area contributed by atoms with Crippen molar-refractivity contribution in [2.75, 3.05) is 0 Å². The molecule has 12 heteroatoms. The Morgan fingerprint density at radius 1 is 1.06 bits per heavy atom. The van der Waals surface area contributed by atoms with E-state index in [2.05, 4.69) is 0 Å². The lowest BCUT2D eigenvalue weighted by Crippen LogP contribution is -1.92. The lowest BCUT2D eigenvalue weighted by molar-refractivity contribution is -0.394. The number of nitro benzene ring substituents is 2. The zero-order chi connectivity index (χ0) is 14.5. The number of phosphoric acid groups is 1. The molecule has 100 valence electrons. The smallest absolute Gasteiger partial charge is 0.466 e. The van der Waals surface area contributed by atoms with Gasteiger partial charge in [0.2, 0.25) is 0 Å². The Kier molecular flexibility index (Phi) is 5.33. The molecule has 0 saturated heterocycles. The summed E-state index contributed by atoms with van der Waals surface area (Å²) in [5.74, 6) is -0.587. The molecule has 0 spiro atoms. The third-order valence-corrected chi connectivity index (χ3v) is 1.37. The molecular formula is C6H7N2O9P. The van der Waals surface area contributed by atoms with Gasteiger partial charge in [-0.05, 0) is 6.07 Å². The maximum absolute atomic E-state index is 10.2. The highest BCUT2D eigenvalue weighted by Gasteiger charge is 2.18. The normalized spacial score (nSPS) is 10.2. The minimum absolute atomic E-state index is 0.426. The molecule has 0 bridgehead atoms. The van der Waals surface area contributed by atoms with Crippen LogP contribution in [0.4, 0.5) is 11.4 Å². The summed E-state index contributed by atoms with van der Waals surface area (Å²) in [6, 6.07) is 2.61. The van der Waals surface area contributed by atoms with E-state index in [0.717, 1.165) is 12.1 Å². The molecule has 0 aliphatic rings. The number of rotatable bonds is 2. The number of aromatic hydroxyl groups is 1. The number of hydrogen-bond donors (Lipinski definition) is 4. The maximum atomic E-state index is 10.2. The Morgan fingerprint density at radius 2 is 1.50 bits per heavy atom. The first-order valence-corrected chi connectivity index (χ1v) is 5.49. The van der Waals surface area contributed by atoms with Crippen LogP contribution in [0.5, 0.6) is 5.75 Å². The van der Waals surface area contributed by atoms with Crippen LogP contribution in [-0.4, -0.2) is 29.6 Å². The van der Waals surface area contributed by atoms with Crippen LogP contribution in [0.25, 0.3) is 0 Å². The Bertz CT molecular complexity index is 502. The van der Waals surface area contributed by atoms with Crippen molar-refractivity contribution < 1.29 is 34.2 Å². The van der Waals surface area contributed by atoms with E-state index in [1.54, 1.807) is 0 Å². The molecule has 0 aliphatic heterocycles. The van der Waals surface area contributed by atoms with E-state index in [-0.39, 0.29) is 0 Å². The lowest BCUT2D eigenvalue weighted by atomic mass is 10.2. The number of phenolic OH excluding ortho intramolecular Hbond substituents is 1. The van der Waals surface area contributed by atoms with E-state index in [1.807, 2.05) is 0 Å². The molecule has 1 rings (SSSR count). The zero-order valence-corrected chi connectivity index (χ0v) is 9.30. The monoisotopic (exact) mass is 282 g/mol. The van der Waals surface area contributed by atoms with E-state index in [9.17, 15) is 20.2 Å². The number of non-ortho nitro benzene ring substituents is 1. The molecule has 18 heavy (non-hydrogen) atoms. The first-order valence-electron chi connectivity index (χ1n) is 3.92. The second-order valence-corrected chi connectivity index (χ2v) is 3.73. The molecule has 0 aliphatic carbocycles. The largest absolute Gasteiger partial charge is 0.502 e. The van der Waals surface area contributed by atoms with Crippen molar-refractivity contribution >= 4 is 19.2 Å². The van der Waals surface area contributed by atoms with Crippen LogP contribution in [0.15, 0.2) is 18.2 Å². The fourth-order valence-corrected chi connectivity index (χ4v) is 0.772. The number of nitrogens with zero attached hydrogens (tertiary/aromatic N) is 2. The second kappa shape index (κ2) is 6.02. The highest BCUT2D eigenvalue weighted by molar-refractivity contribution is 7.45. The SMILES string of the molecule is O=P(O)(O)O.O=[N+]([O-])c1ccc(O)c([N+](=O)[O-])c1. The number of hydrogen-bond acceptors (Lipinski definition) is 6. The van der Waals surface area contributed by atoms with Gasteiger partial charge in [0.15, 0.2) is 5.75 Å². The molecule has 0 aromatic heterocycles. The Morgan fingerprint density at radius 3 is 1.83 bits per heavy atom. The highest BCUT2D eigenvalue weighted by atomic mass is 31.2. The second-order valence-electron chi connectivity index (χ2n) is 2.70. The van der Waals surface area contributed by atoms with Crippen molar-refractivity contribution in [2.45, 2.75) is 0 Å². The molecule has 0 unspecified atom stereocenters. The van der Waals surface area contributed by atoms with E-state index >= 15 is 0 Å². The molecule has 0 amide bonds. The van der Waals surface area contributed by atoms with Crippen molar-refractivity contribution in [3.8, 4) is 5.75 Å². The van der Waals surface area contributed by atoms with Crippen molar-refractivity contribution in [3.63, 3.8) is 0 Å². The van der Waals surface area contributed by atoms with Gasteiger partial charge in [-0.25, -0.2) is 4.57 Å². The summed E-state index contributed by atoms with van der Waals surface area (Å²) in [7, 11) is -4.64. The molecular weight excluding hydrogens is 275 g/mol. The summed E-state index contributed by atoms with van der Waals surface area (Å²) in [6.45, 7) is 0. The van der Waals surface area contributed by atoms with E-state index < -0.39 is 34.8 Å². The molecule has 0 atom stereocenters. The Hall–Kier alpha value is -2.07. The van der Waals surface area contributed by atoms with Gasteiger partial charge in [0.1, 0.15) is 0 Å². The van der Waals surface area contributed by atoms with Crippen LogP contribution in [0.1, 0.15) is 0 Å². The summed E-state index contributed by atoms with van der Waals surface area (Å²) in [6.07, 6.45) is 0. The van der Waals surface area contributed by atoms with Crippen molar-refractivity contribution in [2.24, 2.45) is 0 Å². The molecule has 1 aromatic carbocycles. The zero-order valence-electron chi connectivity index (χ0n) is 8.40. The predicted molar refractivity (Wildman–Crippen MR) is 55.7 cm³/mol. The molecule has 0 saturated carbocycles. The third kappa shape index (κ3) is 6.50. The molecule has 0 fully saturated rings. The highest BCUT2D eigenvalue weighted by Crippen LogP contribution is 2.29. The lowest BCUT2D eigenvalue weighted by Gasteiger charge is -1.94. The summed E-state index contributed by atoms with van der Waals surface area (Å²) in [5.41, 5.74) is -1.10. The van der Waals surface area contributed by atoms with Gasteiger partial charge >= 0.3 is 13.5 Å². The van der Waals surface area contributed by atoms with E-state index in [1.165, 1.54) is 0 Å². The van der Waals surface area contributed by atoms with E-state index in [4.69, 9.17) is 24.4 Å². The van der Waals surface area contributed by atoms with Gasteiger partial charge < -0.3 is 19.8 Å². The Labute approximate surface area is 98.5 Å². The molecule has 11 nitrogen and oxygen atoms in total. The first kappa shape index (κ1) is 15.9. The fourth-order valence-electron chi connectivity index (χ4n) is 0.772. The predicted octanol–water partition coefficient (Wildman–Crippen LogP) is 0.280. The van der Waals surface area contributed by atoms with Crippen molar-refractivity contribution in [1.29, 1.82) is 0 Å². The van der Waals surface area contributed by atoms with Gasteiger partial charge in [-0.15, -0.1) is 0 Å². The van der Waals surface area contributed by atoms with Gasteiger partial charge in [-0.2, -0.15) is 0 Å². The van der Waals surface area contributed by atoms with Gasteiger partial charge in [-0.1, -0.05) is 0 Å². The van der Waals surface area contributed by atoms with Gasteiger partial charge in [0.05, 0.1) is 15.9 Å². The minimum Gasteiger partial charge on any atom is -0.502 e. The van der Waals surface area contributed by atoms with Crippen LogP contribution in [0, 0.1) is 20.2 Å². The summed E-state index contributed by atoms with van der Waals surface area (Å²) in [4.78, 5) is 40.3. The van der Waals surface area contributed by atoms with E-state index in [0.29, 0.717) is 6.07 Å². The van der Waals surface area contributed by atoms with Crippen LogP contribution in [-0.2, 0) is 4.57 Å². The number of benzene rings is 1. The quantitative estimate of drug-likeness (QED) is 0.335. The summed E-state index contributed by atoms with van der Waals surface area (Å²) in [5, 5.41) is 29.3. The maximum Gasteiger partial charge on any atom is 0.466 e. The number of nitro groups is 2. The average molecular weight is 282 g/mol. The standard InChI is InChI=1S/C6H4N2O5.H3O4P/c9-6-2-1-4(7(10)11)3-5(6)8(12)13;1-5(2,3)4/h1-3,9H;(H3,1,2,3,4). The molecule has 1 aromatic rings.